The average Bonchev–Trinajstić information content (AvgIpc) is 3.35. The number of methoxy groups -OCH3 is 1. The fraction of sp³-hybridized carbons (Fsp3) is 0.0500. The Morgan fingerprint density at radius 2 is 2.15 bits per heavy atom. The molecule has 0 radical (unpaired) electrons. The third-order valence-electron chi connectivity index (χ3n) is 3.81. The molecule has 27 heavy (non-hydrogen) atoms. The predicted molar refractivity (Wildman–Crippen MR) is 100 cm³/mol. The second kappa shape index (κ2) is 7.17. The number of nitrogens with one attached hydrogen (secondary N) is 1. The molecule has 0 spiro atoms. The van der Waals surface area contributed by atoms with Crippen molar-refractivity contribution in [3.05, 3.63) is 66.8 Å². The molecule has 0 aliphatic heterocycles. The lowest BCUT2D eigenvalue weighted by Gasteiger charge is -2.10. The van der Waals surface area contributed by atoms with Gasteiger partial charge in [0, 0.05) is 17.8 Å². The number of furan rings is 1. The van der Waals surface area contributed by atoms with Gasteiger partial charge in [-0.3, -0.25) is 4.79 Å². The number of aromatic nitrogens is 2. The van der Waals surface area contributed by atoms with E-state index in [1.54, 1.807) is 61.0 Å². The number of rotatable bonds is 5. The maximum absolute atomic E-state index is 12.2. The molecule has 0 aliphatic carbocycles. The molecule has 1 aromatic carbocycles. The summed E-state index contributed by atoms with van der Waals surface area (Å²) in [6.07, 6.45) is 6.16. The third-order valence-corrected chi connectivity index (χ3v) is 3.81. The van der Waals surface area contributed by atoms with Crippen molar-refractivity contribution in [2.45, 2.75) is 0 Å². The number of nitrogens with zero attached hydrogens (tertiary/aromatic N) is 2. The lowest BCUT2D eigenvalue weighted by atomic mass is 10.2. The molecule has 4 rings (SSSR count). The molecular formula is C20H15N3O4. The Bertz CT molecular complexity index is 1080. The van der Waals surface area contributed by atoms with Gasteiger partial charge in [0.05, 0.1) is 19.1 Å². The molecule has 0 atom stereocenters. The Morgan fingerprint density at radius 1 is 1.22 bits per heavy atom. The minimum Gasteiger partial charge on any atom is -0.495 e. The van der Waals surface area contributed by atoms with Gasteiger partial charge in [-0.2, -0.15) is 4.98 Å². The first-order valence-corrected chi connectivity index (χ1v) is 8.15. The molecule has 3 heterocycles. The number of pyridine rings is 1. The van der Waals surface area contributed by atoms with E-state index in [0.29, 0.717) is 39.9 Å². The molecule has 0 saturated carbocycles. The number of carbonyl (C=O) groups excluding carboxylic acids is 1. The number of benzene rings is 1. The normalized spacial score (nSPS) is 11.1. The summed E-state index contributed by atoms with van der Waals surface area (Å²) in [6, 6.07) is 12.4. The number of carbonyl (C=O) groups is 1. The van der Waals surface area contributed by atoms with Gasteiger partial charge in [0.2, 0.25) is 11.8 Å². The number of oxazole rings is 1. The molecule has 4 aromatic rings. The Balaban J connectivity index is 1.61. The molecular weight excluding hydrogens is 346 g/mol. The van der Waals surface area contributed by atoms with Crippen molar-refractivity contribution in [3.63, 3.8) is 0 Å². The zero-order valence-electron chi connectivity index (χ0n) is 14.4. The summed E-state index contributed by atoms with van der Waals surface area (Å²) < 4.78 is 16.2. The molecule has 0 fully saturated rings. The number of fused-ring (bicyclic) bond motifs is 1. The largest absolute Gasteiger partial charge is 0.495 e. The zero-order valence-corrected chi connectivity index (χ0v) is 14.4. The topological polar surface area (TPSA) is 90.4 Å². The maximum atomic E-state index is 12.2. The van der Waals surface area contributed by atoms with Gasteiger partial charge in [0.1, 0.15) is 11.5 Å². The van der Waals surface area contributed by atoms with Gasteiger partial charge in [-0.1, -0.05) is 0 Å². The Kier molecular flexibility index (Phi) is 4.40. The number of amides is 1. The highest BCUT2D eigenvalue weighted by atomic mass is 16.5. The van der Waals surface area contributed by atoms with Gasteiger partial charge in [0.25, 0.3) is 0 Å². The van der Waals surface area contributed by atoms with Crippen LogP contribution in [-0.2, 0) is 4.79 Å². The van der Waals surface area contributed by atoms with Crippen LogP contribution < -0.4 is 10.1 Å². The SMILES string of the molecule is COc1ccc(-c2nc3ncccc3o2)cc1NC(=O)C=Cc1ccco1. The number of hydrogen-bond donors (Lipinski definition) is 1. The van der Waals surface area contributed by atoms with Crippen molar-refractivity contribution in [3.8, 4) is 17.2 Å². The van der Waals surface area contributed by atoms with E-state index in [1.807, 2.05) is 0 Å². The lowest BCUT2D eigenvalue weighted by molar-refractivity contribution is -0.111. The second-order valence-electron chi connectivity index (χ2n) is 5.60. The minimum absolute atomic E-state index is 0.318. The molecule has 0 unspecified atom stereocenters. The van der Waals surface area contributed by atoms with Crippen LogP contribution in [0.1, 0.15) is 5.76 Å². The average molecular weight is 361 g/mol. The van der Waals surface area contributed by atoms with Crippen LogP contribution in [0.3, 0.4) is 0 Å². The van der Waals surface area contributed by atoms with Crippen molar-refractivity contribution in [2.75, 3.05) is 12.4 Å². The van der Waals surface area contributed by atoms with E-state index in [9.17, 15) is 4.79 Å². The van der Waals surface area contributed by atoms with Crippen molar-refractivity contribution in [1.82, 2.24) is 9.97 Å². The highest BCUT2D eigenvalue weighted by molar-refractivity contribution is 6.03. The highest BCUT2D eigenvalue weighted by Gasteiger charge is 2.13. The lowest BCUT2D eigenvalue weighted by Crippen LogP contribution is -2.09. The van der Waals surface area contributed by atoms with E-state index in [2.05, 4.69) is 15.3 Å². The van der Waals surface area contributed by atoms with Crippen LogP contribution in [0.15, 0.2) is 69.8 Å². The predicted octanol–water partition coefficient (Wildman–Crippen LogP) is 4.14. The van der Waals surface area contributed by atoms with Gasteiger partial charge in [0.15, 0.2) is 11.2 Å². The minimum atomic E-state index is -0.318. The van der Waals surface area contributed by atoms with Gasteiger partial charge in [-0.15, -0.1) is 0 Å². The molecule has 1 N–H and O–H groups in total. The number of ether oxygens (including phenoxy) is 1. The summed E-state index contributed by atoms with van der Waals surface area (Å²) in [5, 5.41) is 2.79. The Hall–Kier alpha value is -3.87. The molecule has 7 heteroatoms. The van der Waals surface area contributed by atoms with E-state index < -0.39 is 0 Å². The summed E-state index contributed by atoms with van der Waals surface area (Å²) in [5.74, 6) is 1.20. The molecule has 0 aliphatic rings. The first-order chi connectivity index (χ1) is 13.2. The Morgan fingerprint density at radius 3 is 2.93 bits per heavy atom. The monoisotopic (exact) mass is 361 g/mol. The van der Waals surface area contributed by atoms with Crippen LogP contribution in [0, 0.1) is 0 Å². The van der Waals surface area contributed by atoms with Gasteiger partial charge in [-0.05, 0) is 48.5 Å². The summed E-state index contributed by atoms with van der Waals surface area (Å²) in [5.41, 5.74) is 2.31. The van der Waals surface area contributed by atoms with Crippen LogP contribution in [0.4, 0.5) is 5.69 Å². The van der Waals surface area contributed by atoms with E-state index in [0.717, 1.165) is 0 Å². The summed E-state index contributed by atoms with van der Waals surface area (Å²) in [7, 11) is 1.53. The summed E-state index contributed by atoms with van der Waals surface area (Å²) in [4.78, 5) is 20.8. The first-order valence-electron chi connectivity index (χ1n) is 8.15. The number of anilines is 1. The van der Waals surface area contributed by atoms with Gasteiger partial charge < -0.3 is 18.9 Å². The fourth-order valence-electron chi connectivity index (χ4n) is 2.55. The number of hydrogen-bond acceptors (Lipinski definition) is 6. The highest BCUT2D eigenvalue weighted by Crippen LogP contribution is 2.31. The van der Waals surface area contributed by atoms with Crippen LogP contribution in [0.5, 0.6) is 5.75 Å². The van der Waals surface area contributed by atoms with E-state index in [1.165, 1.54) is 13.2 Å². The van der Waals surface area contributed by atoms with Crippen molar-refractivity contribution in [2.24, 2.45) is 0 Å². The van der Waals surface area contributed by atoms with E-state index in [-0.39, 0.29) is 5.91 Å². The molecule has 7 nitrogen and oxygen atoms in total. The molecule has 0 bridgehead atoms. The van der Waals surface area contributed by atoms with Crippen molar-refractivity contribution in [1.29, 1.82) is 0 Å². The summed E-state index contributed by atoms with van der Waals surface area (Å²) >= 11 is 0. The Labute approximate surface area is 154 Å². The molecule has 1 amide bonds. The fourth-order valence-corrected chi connectivity index (χ4v) is 2.55. The summed E-state index contributed by atoms with van der Waals surface area (Å²) in [6.45, 7) is 0. The van der Waals surface area contributed by atoms with Crippen molar-refractivity contribution < 1.29 is 18.4 Å². The molecule has 3 aromatic heterocycles. The zero-order chi connectivity index (χ0) is 18.6. The van der Waals surface area contributed by atoms with E-state index in [4.69, 9.17) is 13.6 Å². The van der Waals surface area contributed by atoms with Gasteiger partial charge in [-0.25, -0.2) is 4.98 Å². The van der Waals surface area contributed by atoms with Gasteiger partial charge >= 0.3 is 0 Å². The van der Waals surface area contributed by atoms with Crippen LogP contribution in [0.25, 0.3) is 28.8 Å². The maximum Gasteiger partial charge on any atom is 0.248 e. The first kappa shape index (κ1) is 16.6. The van der Waals surface area contributed by atoms with Crippen LogP contribution in [-0.4, -0.2) is 23.0 Å². The van der Waals surface area contributed by atoms with Crippen molar-refractivity contribution >= 4 is 28.9 Å². The van der Waals surface area contributed by atoms with E-state index >= 15 is 0 Å². The standard InChI is InChI=1S/C20H15N3O4/c1-25-16-8-6-13(20-23-19-17(27-20)5-2-10-21-19)12-15(16)22-18(24)9-7-14-4-3-11-26-14/h2-12H,1H3,(H,22,24). The smallest absolute Gasteiger partial charge is 0.248 e. The van der Waals surface area contributed by atoms with Crippen LogP contribution >= 0.6 is 0 Å². The molecule has 134 valence electrons. The second-order valence-corrected chi connectivity index (χ2v) is 5.60. The molecule has 0 saturated heterocycles. The van der Waals surface area contributed by atoms with Crippen LogP contribution in [0.2, 0.25) is 0 Å². The quantitative estimate of drug-likeness (QED) is 0.537. The third kappa shape index (κ3) is 3.57.